The molecule has 4 heterocycles. The maximum Gasteiger partial charge on any atom is 0.411 e. The number of amides is 2. The van der Waals surface area contributed by atoms with E-state index in [9.17, 15) is 19.8 Å². The minimum Gasteiger partial charge on any atom is -0.506 e. The Bertz CT molecular complexity index is 1960. The number of piperidine rings is 1. The van der Waals surface area contributed by atoms with Crippen LogP contribution < -0.4 is 20.7 Å². The van der Waals surface area contributed by atoms with Crippen LogP contribution in [-0.2, 0) is 22.6 Å². The van der Waals surface area contributed by atoms with Crippen molar-refractivity contribution in [2.24, 2.45) is 0 Å². The number of aryl methyl sites for hydroxylation is 1. The van der Waals surface area contributed by atoms with Crippen LogP contribution in [0.1, 0.15) is 36.5 Å². The molecule has 2 aromatic heterocycles. The number of aromatic hydroxyl groups is 1. The number of benzene rings is 3. The predicted molar refractivity (Wildman–Crippen MR) is 190 cm³/mol. The van der Waals surface area contributed by atoms with E-state index in [1.165, 1.54) is 6.07 Å². The van der Waals surface area contributed by atoms with Gasteiger partial charge in [0.25, 0.3) is 5.91 Å². The van der Waals surface area contributed by atoms with Crippen LogP contribution in [-0.4, -0.2) is 81.0 Å². The van der Waals surface area contributed by atoms with E-state index < -0.39 is 12.2 Å². The van der Waals surface area contributed by atoms with E-state index in [0.717, 1.165) is 78.2 Å². The maximum absolute atomic E-state index is 12.7. The topological polar surface area (TPSA) is 163 Å². The molecule has 13 nitrogen and oxygen atoms in total. The number of carbonyl (C=O) groups excluding carboxylic acids is 2. The van der Waals surface area contributed by atoms with Crippen LogP contribution in [0.4, 0.5) is 16.2 Å². The van der Waals surface area contributed by atoms with Crippen LogP contribution in [0, 0.1) is 0 Å². The Hall–Kier alpha value is -5.02. The van der Waals surface area contributed by atoms with Crippen molar-refractivity contribution in [2.45, 2.75) is 44.6 Å². The van der Waals surface area contributed by atoms with Crippen molar-refractivity contribution in [3.05, 3.63) is 83.2 Å². The van der Waals surface area contributed by atoms with Gasteiger partial charge in [0.1, 0.15) is 23.1 Å². The molecular weight excluding hydrogens is 659 g/mol. The molecule has 14 heteroatoms. The zero-order chi connectivity index (χ0) is 34.5. The zero-order valence-corrected chi connectivity index (χ0v) is 28.2. The molecule has 5 aromatic rings. The van der Waals surface area contributed by atoms with E-state index in [1.54, 1.807) is 17.4 Å². The summed E-state index contributed by atoms with van der Waals surface area (Å²) in [5.41, 5.74) is 5.26. The molecule has 260 valence electrons. The molecule has 0 radical (unpaired) electrons. The van der Waals surface area contributed by atoms with Crippen LogP contribution >= 0.6 is 11.3 Å². The fraction of sp³-hybridized carbons (Fsp3) is 0.333. The summed E-state index contributed by atoms with van der Waals surface area (Å²) in [5.74, 6) is -0.189. The highest BCUT2D eigenvalue weighted by atomic mass is 32.1. The summed E-state index contributed by atoms with van der Waals surface area (Å²) < 4.78 is 13.2. The normalized spacial score (nSPS) is 15.7. The number of nitrogens with zero attached hydrogens (tertiary/aromatic N) is 4. The molecular formula is C36H39N7O6S. The third-order valence-electron chi connectivity index (χ3n) is 8.97. The van der Waals surface area contributed by atoms with Crippen LogP contribution in [0.15, 0.2) is 72.1 Å². The first-order chi connectivity index (χ1) is 24.4. The lowest BCUT2D eigenvalue weighted by Crippen LogP contribution is -2.39. The summed E-state index contributed by atoms with van der Waals surface area (Å²) >= 11 is 1.59. The van der Waals surface area contributed by atoms with Crippen molar-refractivity contribution in [2.75, 3.05) is 43.4 Å². The summed E-state index contributed by atoms with van der Waals surface area (Å²) in [4.78, 5) is 27.8. The number of hydrogen-bond donors (Lipinski definition) is 5. The van der Waals surface area contributed by atoms with Gasteiger partial charge in [0.05, 0.1) is 22.2 Å². The number of hydrogen-bond acceptors (Lipinski definition) is 11. The molecule has 1 atom stereocenters. The zero-order valence-electron chi connectivity index (χ0n) is 27.4. The summed E-state index contributed by atoms with van der Waals surface area (Å²) in [5, 5.41) is 40.4. The van der Waals surface area contributed by atoms with E-state index in [2.05, 4.69) is 31.2 Å². The molecule has 1 saturated heterocycles. The summed E-state index contributed by atoms with van der Waals surface area (Å²) in [6, 6.07) is 21.0. The molecule has 1 unspecified atom stereocenters. The highest BCUT2D eigenvalue weighted by Crippen LogP contribution is 2.41. The Morgan fingerprint density at radius 3 is 2.78 bits per heavy atom. The first-order valence-corrected chi connectivity index (χ1v) is 17.6. The molecule has 0 bridgehead atoms. The Morgan fingerprint density at radius 1 is 1.10 bits per heavy atom. The van der Waals surface area contributed by atoms with E-state index >= 15 is 0 Å². The first kappa shape index (κ1) is 33.5. The van der Waals surface area contributed by atoms with Crippen LogP contribution in [0.2, 0.25) is 0 Å². The van der Waals surface area contributed by atoms with Crippen molar-refractivity contribution < 1.29 is 29.3 Å². The fourth-order valence-corrected chi connectivity index (χ4v) is 7.26. The number of phenolic OH excluding ortho intramolecular Hbond substituents is 1. The van der Waals surface area contributed by atoms with Crippen molar-refractivity contribution in [3.63, 3.8) is 0 Å². The Kier molecular flexibility index (Phi) is 10.2. The molecule has 0 aliphatic carbocycles. The van der Waals surface area contributed by atoms with E-state index in [4.69, 9.17) is 9.47 Å². The number of likely N-dealkylation sites (tertiary alicyclic amines) is 1. The predicted octanol–water partition coefficient (Wildman–Crippen LogP) is 5.12. The van der Waals surface area contributed by atoms with E-state index in [1.807, 2.05) is 64.7 Å². The number of ether oxygens (including phenoxy) is 2. The highest BCUT2D eigenvalue weighted by Gasteiger charge is 2.26. The molecule has 5 N–H and O–H groups in total. The minimum absolute atomic E-state index is 0.104. The van der Waals surface area contributed by atoms with Gasteiger partial charge in [0.2, 0.25) is 0 Å². The molecule has 3 aromatic carbocycles. The van der Waals surface area contributed by atoms with Gasteiger partial charge in [0, 0.05) is 38.3 Å². The number of phenols is 1. The quantitative estimate of drug-likeness (QED) is 0.111. The van der Waals surface area contributed by atoms with Gasteiger partial charge in [-0.15, -0.1) is 16.4 Å². The Balaban J connectivity index is 0.830. The standard InChI is InChI=1S/C36H39N7O6S/c44-30-10-8-26(34-33(30)39-32(46)22-48-34)31(45)21-37-20-23-7-9-29-28(19-23)40-41-43(29)15-4-14-42-16-11-25(12-17-42)49-36(47)38-27-13-18-50-35(27)24-5-2-1-3-6-24/h1-3,5-10,13,18-19,25,31,37,44-45H,4,11-12,14-17,20-22H2,(H,38,47)(H,39,46). The molecule has 0 saturated carbocycles. The van der Waals surface area contributed by atoms with Crippen LogP contribution in [0.3, 0.4) is 0 Å². The monoisotopic (exact) mass is 697 g/mol. The van der Waals surface area contributed by atoms with Gasteiger partial charge in [-0.25, -0.2) is 9.48 Å². The lowest BCUT2D eigenvalue weighted by Gasteiger charge is -2.31. The van der Waals surface area contributed by atoms with Gasteiger partial charge in [0.15, 0.2) is 12.4 Å². The Labute approximate surface area is 292 Å². The number of fused-ring (bicyclic) bond motifs is 2. The number of anilines is 2. The second-order valence-corrected chi connectivity index (χ2v) is 13.4. The van der Waals surface area contributed by atoms with Gasteiger partial charge in [-0.2, -0.15) is 0 Å². The number of rotatable bonds is 12. The summed E-state index contributed by atoms with van der Waals surface area (Å²) in [6.45, 7) is 3.96. The average molecular weight is 698 g/mol. The average Bonchev–Trinajstić information content (AvgIpc) is 3.76. The SMILES string of the molecule is O=C1COc2c(C(O)CNCc3ccc4c(c3)nnn4CCCN3CCC(OC(=O)Nc4ccsc4-c4ccccc4)CC3)ccc(O)c2N1. The van der Waals surface area contributed by atoms with Gasteiger partial charge in [-0.1, -0.05) is 41.6 Å². The third-order valence-corrected chi connectivity index (χ3v) is 9.94. The molecule has 2 aliphatic rings. The molecule has 7 rings (SSSR count). The fourth-order valence-electron chi connectivity index (χ4n) is 6.40. The number of aromatic nitrogens is 3. The number of carbonyl (C=O) groups is 2. The number of aliphatic hydroxyl groups excluding tert-OH is 1. The van der Waals surface area contributed by atoms with E-state index in [-0.39, 0.29) is 42.3 Å². The van der Waals surface area contributed by atoms with Crippen LogP contribution in [0.5, 0.6) is 11.5 Å². The van der Waals surface area contributed by atoms with Crippen LogP contribution in [0.25, 0.3) is 21.5 Å². The maximum atomic E-state index is 12.7. The highest BCUT2D eigenvalue weighted by molar-refractivity contribution is 7.14. The number of nitrogens with one attached hydrogen (secondary N) is 3. The van der Waals surface area contributed by atoms with Gasteiger partial charge in [-0.3, -0.25) is 10.1 Å². The lowest BCUT2D eigenvalue weighted by molar-refractivity contribution is -0.118. The van der Waals surface area contributed by atoms with Crippen molar-refractivity contribution in [3.8, 4) is 21.9 Å². The van der Waals surface area contributed by atoms with Crippen molar-refractivity contribution >= 4 is 45.7 Å². The second kappa shape index (κ2) is 15.3. The number of aliphatic hydroxyl groups is 1. The Morgan fingerprint density at radius 2 is 1.94 bits per heavy atom. The largest absolute Gasteiger partial charge is 0.506 e. The summed E-state index contributed by atoms with van der Waals surface area (Å²) in [7, 11) is 0. The molecule has 1 fully saturated rings. The van der Waals surface area contributed by atoms with Crippen molar-refractivity contribution in [1.82, 2.24) is 25.2 Å². The van der Waals surface area contributed by atoms with Gasteiger partial charge < -0.3 is 35.2 Å². The van der Waals surface area contributed by atoms with Crippen molar-refractivity contribution in [1.29, 1.82) is 0 Å². The van der Waals surface area contributed by atoms with Gasteiger partial charge >= 0.3 is 6.09 Å². The van der Waals surface area contributed by atoms with E-state index in [0.29, 0.717) is 12.1 Å². The molecule has 50 heavy (non-hydrogen) atoms. The smallest absolute Gasteiger partial charge is 0.411 e. The molecule has 2 amide bonds. The number of thiophene rings is 1. The third kappa shape index (κ3) is 7.73. The molecule has 2 aliphatic heterocycles. The first-order valence-electron chi connectivity index (χ1n) is 16.7. The molecule has 0 spiro atoms. The summed E-state index contributed by atoms with van der Waals surface area (Å²) in [6.07, 6.45) is 1.09. The minimum atomic E-state index is -0.910. The van der Waals surface area contributed by atoms with Gasteiger partial charge in [-0.05, 0) is 72.6 Å². The second-order valence-electron chi connectivity index (χ2n) is 12.5. The lowest BCUT2D eigenvalue weighted by atomic mass is 10.0.